The topological polar surface area (TPSA) is 76.7 Å². The van der Waals surface area contributed by atoms with E-state index in [0.717, 1.165) is 11.3 Å². The molecule has 0 aliphatic rings. The summed E-state index contributed by atoms with van der Waals surface area (Å²) in [4.78, 5) is 12.0. The van der Waals surface area contributed by atoms with Crippen LogP contribution in [0.2, 0.25) is 0 Å². The van der Waals surface area contributed by atoms with Crippen LogP contribution in [0.25, 0.3) is 0 Å². The van der Waals surface area contributed by atoms with Crippen molar-refractivity contribution in [3.8, 4) is 0 Å². The maximum atomic E-state index is 5.50. The highest BCUT2D eigenvalue weighted by Crippen LogP contribution is 2.16. The second-order valence-electron chi connectivity index (χ2n) is 3.13. The van der Waals surface area contributed by atoms with Gasteiger partial charge in [-0.1, -0.05) is 0 Å². The fourth-order valence-electron chi connectivity index (χ4n) is 1.16. The van der Waals surface area contributed by atoms with Crippen molar-refractivity contribution in [1.82, 2.24) is 15.0 Å². The number of hydrogen-bond acceptors (Lipinski definition) is 5. The molecule has 0 saturated carbocycles. The smallest absolute Gasteiger partial charge is 0.221 e. The SMILES string of the molecule is Cc1cnc(N)nc1Nc1cccnc1. The largest absolute Gasteiger partial charge is 0.368 e. The summed E-state index contributed by atoms with van der Waals surface area (Å²) < 4.78 is 0. The molecule has 0 fully saturated rings. The molecule has 2 aromatic rings. The summed E-state index contributed by atoms with van der Waals surface area (Å²) in [5.41, 5.74) is 7.32. The van der Waals surface area contributed by atoms with Crippen LogP contribution in [0.15, 0.2) is 30.7 Å². The minimum atomic E-state index is 0.256. The van der Waals surface area contributed by atoms with Crippen LogP contribution in [0.3, 0.4) is 0 Å². The summed E-state index contributed by atoms with van der Waals surface area (Å²) in [6, 6.07) is 3.76. The first-order chi connectivity index (χ1) is 7.25. The van der Waals surface area contributed by atoms with Gasteiger partial charge in [-0.2, -0.15) is 4.98 Å². The highest BCUT2D eigenvalue weighted by molar-refractivity contribution is 5.58. The van der Waals surface area contributed by atoms with Crippen LogP contribution in [0.4, 0.5) is 17.5 Å². The Bertz CT molecular complexity index is 455. The van der Waals surface area contributed by atoms with Crippen LogP contribution in [-0.4, -0.2) is 15.0 Å². The number of nitrogens with one attached hydrogen (secondary N) is 1. The van der Waals surface area contributed by atoms with Gasteiger partial charge in [-0.15, -0.1) is 0 Å². The number of hydrogen-bond donors (Lipinski definition) is 2. The maximum absolute atomic E-state index is 5.50. The van der Waals surface area contributed by atoms with Crippen LogP contribution in [0.1, 0.15) is 5.56 Å². The van der Waals surface area contributed by atoms with Crippen molar-refractivity contribution in [3.63, 3.8) is 0 Å². The van der Waals surface area contributed by atoms with E-state index in [1.165, 1.54) is 0 Å². The van der Waals surface area contributed by atoms with Gasteiger partial charge in [0.25, 0.3) is 0 Å². The van der Waals surface area contributed by atoms with Crippen molar-refractivity contribution in [1.29, 1.82) is 0 Å². The third kappa shape index (κ3) is 2.19. The lowest BCUT2D eigenvalue weighted by Crippen LogP contribution is -2.01. The molecule has 0 radical (unpaired) electrons. The molecule has 0 saturated heterocycles. The minimum Gasteiger partial charge on any atom is -0.368 e. The van der Waals surface area contributed by atoms with Crippen LogP contribution in [0, 0.1) is 6.92 Å². The Labute approximate surface area is 87.4 Å². The van der Waals surface area contributed by atoms with Gasteiger partial charge in [-0.3, -0.25) is 4.98 Å². The van der Waals surface area contributed by atoms with E-state index in [1.54, 1.807) is 18.6 Å². The average molecular weight is 201 g/mol. The molecular formula is C10H11N5. The number of nitrogens with zero attached hydrogens (tertiary/aromatic N) is 3. The predicted octanol–water partition coefficient (Wildman–Crippen LogP) is 1.51. The monoisotopic (exact) mass is 201 g/mol. The van der Waals surface area contributed by atoms with E-state index in [4.69, 9.17) is 5.73 Å². The molecule has 0 aliphatic heterocycles. The predicted molar refractivity (Wildman–Crippen MR) is 58.7 cm³/mol. The van der Waals surface area contributed by atoms with E-state index >= 15 is 0 Å². The lowest BCUT2D eigenvalue weighted by Gasteiger charge is -2.07. The van der Waals surface area contributed by atoms with E-state index in [-0.39, 0.29) is 5.95 Å². The molecule has 0 aliphatic carbocycles. The normalized spacial score (nSPS) is 9.93. The molecule has 2 heterocycles. The molecule has 0 aromatic carbocycles. The molecule has 2 rings (SSSR count). The van der Waals surface area contributed by atoms with E-state index in [1.807, 2.05) is 19.1 Å². The standard InChI is InChI=1S/C10H11N5/c1-7-5-13-10(11)15-9(7)14-8-3-2-4-12-6-8/h2-6H,1H3,(H3,11,13,14,15). The third-order valence-corrected chi connectivity index (χ3v) is 1.91. The molecule has 15 heavy (non-hydrogen) atoms. The summed E-state index contributed by atoms with van der Waals surface area (Å²) in [6.07, 6.45) is 5.12. The molecule has 5 nitrogen and oxygen atoms in total. The number of aryl methyl sites for hydroxylation is 1. The first-order valence-electron chi connectivity index (χ1n) is 4.52. The van der Waals surface area contributed by atoms with Gasteiger partial charge < -0.3 is 11.1 Å². The Hall–Kier alpha value is -2.17. The van der Waals surface area contributed by atoms with Gasteiger partial charge in [0.15, 0.2) is 0 Å². The number of nitrogens with two attached hydrogens (primary N) is 1. The number of anilines is 3. The molecule has 0 amide bonds. The van der Waals surface area contributed by atoms with Crippen molar-refractivity contribution < 1.29 is 0 Å². The van der Waals surface area contributed by atoms with E-state index in [9.17, 15) is 0 Å². The van der Waals surface area contributed by atoms with Gasteiger partial charge in [0.1, 0.15) is 5.82 Å². The highest BCUT2D eigenvalue weighted by Gasteiger charge is 2.01. The summed E-state index contributed by atoms with van der Waals surface area (Å²) in [6.45, 7) is 1.91. The average Bonchev–Trinajstić information content (AvgIpc) is 2.25. The zero-order valence-electron chi connectivity index (χ0n) is 8.31. The fourth-order valence-corrected chi connectivity index (χ4v) is 1.16. The number of rotatable bonds is 2. The minimum absolute atomic E-state index is 0.256. The first-order valence-corrected chi connectivity index (χ1v) is 4.52. The van der Waals surface area contributed by atoms with Crippen molar-refractivity contribution >= 4 is 17.5 Å². The van der Waals surface area contributed by atoms with E-state index in [0.29, 0.717) is 5.82 Å². The second-order valence-corrected chi connectivity index (χ2v) is 3.13. The fraction of sp³-hybridized carbons (Fsp3) is 0.100. The Morgan fingerprint density at radius 3 is 2.93 bits per heavy atom. The van der Waals surface area contributed by atoms with Gasteiger partial charge in [-0.25, -0.2) is 4.98 Å². The van der Waals surface area contributed by atoms with Crippen molar-refractivity contribution in [2.24, 2.45) is 0 Å². The Morgan fingerprint density at radius 2 is 2.20 bits per heavy atom. The second kappa shape index (κ2) is 3.91. The van der Waals surface area contributed by atoms with Gasteiger partial charge in [0, 0.05) is 18.0 Å². The molecule has 3 N–H and O–H groups in total. The van der Waals surface area contributed by atoms with Gasteiger partial charge >= 0.3 is 0 Å². The molecule has 0 atom stereocenters. The molecule has 0 unspecified atom stereocenters. The summed E-state index contributed by atoms with van der Waals surface area (Å²) in [5, 5.41) is 3.12. The van der Waals surface area contributed by atoms with Crippen LogP contribution in [0.5, 0.6) is 0 Å². The lowest BCUT2D eigenvalue weighted by molar-refractivity contribution is 1.14. The van der Waals surface area contributed by atoms with Crippen LogP contribution >= 0.6 is 0 Å². The zero-order chi connectivity index (χ0) is 10.7. The quantitative estimate of drug-likeness (QED) is 0.770. The lowest BCUT2D eigenvalue weighted by atomic mass is 10.3. The number of pyridine rings is 1. The molecular weight excluding hydrogens is 190 g/mol. The molecule has 5 heteroatoms. The zero-order valence-corrected chi connectivity index (χ0v) is 8.31. The van der Waals surface area contributed by atoms with Crippen LogP contribution in [-0.2, 0) is 0 Å². The Balaban J connectivity index is 2.28. The molecule has 2 aromatic heterocycles. The number of aromatic nitrogens is 3. The van der Waals surface area contributed by atoms with Crippen molar-refractivity contribution in [2.75, 3.05) is 11.1 Å². The van der Waals surface area contributed by atoms with Gasteiger partial charge in [0.2, 0.25) is 5.95 Å². The molecule has 0 spiro atoms. The first kappa shape index (κ1) is 9.39. The summed E-state index contributed by atoms with van der Waals surface area (Å²) in [7, 11) is 0. The molecule has 76 valence electrons. The Kier molecular flexibility index (Phi) is 2.45. The maximum Gasteiger partial charge on any atom is 0.221 e. The van der Waals surface area contributed by atoms with Gasteiger partial charge in [0.05, 0.1) is 11.9 Å². The van der Waals surface area contributed by atoms with Crippen molar-refractivity contribution in [2.45, 2.75) is 6.92 Å². The van der Waals surface area contributed by atoms with Crippen LogP contribution < -0.4 is 11.1 Å². The van der Waals surface area contributed by atoms with E-state index in [2.05, 4.69) is 20.3 Å². The molecule has 0 bridgehead atoms. The highest BCUT2D eigenvalue weighted by atomic mass is 15.1. The summed E-state index contributed by atoms with van der Waals surface area (Å²) in [5.74, 6) is 0.961. The van der Waals surface area contributed by atoms with E-state index < -0.39 is 0 Å². The summed E-state index contributed by atoms with van der Waals surface area (Å²) >= 11 is 0. The Morgan fingerprint density at radius 1 is 1.33 bits per heavy atom. The van der Waals surface area contributed by atoms with Crippen molar-refractivity contribution in [3.05, 3.63) is 36.3 Å². The number of nitrogen functional groups attached to an aromatic ring is 1. The third-order valence-electron chi connectivity index (χ3n) is 1.91. The van der Waals surface area contributed by atoms with Gasteiger partial charge in [-0.05, 0) is 19.1 Å².